The molecule has 6 heteroatoms. The van der Waals surface area contributed by atoms with Crippen molar-refractivity contribution in [3.05, 3.63) is 17.3 Å². The maximum Gasteiger partial charge on any atom is 0.152 e. The predicted molar refractivity (Wildman–Crippen MR) is 78.9 cm³/mol. The number of hydrazine groups is 1. The average Bonchev–Trinajstić information content (AvgIpc) is 3.06. The first-order valence-electron chi connectivity index (χ1n) is 6.76. The van der Waals surface area contributed by atoms with Crippen LogP contribution in [0.3, 0.4) is 0 Å². The van der Waals surface area contributed by atoms with Crippen LogP contribution >= 0.6 is 11.3 Å². The van der Waals surface area contributed by atoms with E-state index in [1.807, 2.05) is 11.4 Å². The van der Waals surface area contributed by atoms with Crippen LogP contribution in [0.25, 0.3) is 10.2 Å². The average molecular weight is 277 g/mol. The Bertz CT molecular complexity index is 567. The van der Waals surface area contributed by atoms with Crippen molar-refractivity contribution in [1.29, 1.82) is 0 Å². The first-order chi connectivity index (χ1) is 9.31. The van der Waals surface area contributed by atoms with E-state index in [9.17, 15) is 0 Å². The molecule has 1 atom stereocenters. The molecule has 0 saturated carbocycles. The van der Waals surface area contributed by atoms with Crippen molar-refractivity contribution in [1.82, 2.24) is 14.9 Å². The van der Waals surface area contributed by atoms with Crippen LogP contribution in [0.2, 0.25) is 0 Å². The summed E-state index contributed by atoms with van der Waals surface area (Å²) in [5.41, 5.74) is 2.68. The second kappa shape index (κ2) is 5.40. The van der Waals surface area contributed by atoms with Gasteiger partial charge in [0.25, 0.3) is 0 Å². The van der Waals surface area contributed by atoms with Crippen molar-refractivity contribution in [3.8, 4) is 0 Å². The monoisotopic (exact) mass is 277 g/mol. The minimum atomic E-state index is 0.678. The van der Waals surface area contributed by atoms with Crippen molar-refractivity contribution in [2.45, 2.75) is 38.8 Å². The highest BCUT2D eigenvalue weighted by atomic mass is 32.1. The smallest absolute Gasteiger partial charge is 0.152 e. The maximum atomic E-state index is 5.56. The van der Waals surface area contributed by atoms with Crippen LogP contribution in [-0.4, -0.2) is 27.5 Å². The van der Waals surface area contributed by atoms with Gasteiger partial charge < -0.3 is 5.43 Å². The number of nitrogens with two attached hydrogens (primary N) is 1. The number of thiophene rings is 1. The second-order valence-electron chi connectivity index (χ2n) is 4.95. The third kappa shape index (κ3) is 2.43. The lowest BCUT2D eigenvalue weighted by atomic mass is 10.2. The molecule has 1 aliphatic heterocycles. The van der Waals surface area contributed by atoms with E-state index in [0.29, 0.717) is 6.04 Å². The van der Waals surface area contributed by atoms with E-state index in [1.54, 1.807) is 11.3 Å². The number of likely N-dealkylation sites (tertiary alicyclic amines) is 1. The third-order valence-electron chi connectivity index (χ3n) is 3.82. The van der Waals surface area contributed by atoms with Crippen molar-refractivity contribution in [2.75, 3.05) is 12.0 Å². The Morgan fingerprint density at radius 2 is 2.42 bits per heavy atom. The fourth-order valence-corrected chi connectivity index (χ4v) is 3.61. The molecule has 2 aromatic heterocycles. The Kier molecular flexibility index (Phi) is 3.63. The van der Waals surface area contributed by atoms with E-state index in [4.69, 9.17) is 5.84 Å². The van der Waals surface area contributed by atoms with Crippen molar-refractivity contribution in [2.24, 2.45) is 5.84 Å². The summed E-state index contributed by atoms with van der Waals surface area (Å²) >= 11 is 1.63. The zero-order chi connectivity index (χ0) is 13.2. The SMILES string of the molecule is CCC1CCCN1Cc1nc(NN)c2ccsc2n1. The molecule has 0 aromatic carbocycles. The van der Waals surface area contributed by atoms with Crippen LogP contribution in [0.5, 0.6) is 0 Å². The van der Waals surface area contributed by atoms with E-state index in [1.165, 1.54) is 19.3 Å². The van der Waals surface area contributed by atoms with Gasteiger partial charge in [-0.2, -0.15) is 0 Å². The minimum Gasteiger partial charge on any atom is -0.308 e. The van der Waals surface area contributed by atoms with Gasteiger partial charge in [-0.3, -0.25) is 4.90 Å². The Morgan fingerprint density at radius 1 is 1.53 bits per heavy atom. The number of nitrogens with one attached hydrogen (secondary N) is 1. The Balaban J connectivity index is 1.88. The number of hydrogen-bond donors (Lipinski definition) is 2. The Hall–Kier alpha value is -1.24. The van der Waals surface area contributed by atoms with Crippen LogP contribution in [-0.2, 0) is 6.54 Å². The summed E-state index contributed by atoms with van der Waals surface area (Å²) in [6.07, 6.45) is 3.77. The minimum absolute atomic E-state index is 0.678. The summed E-state index contributed by atoms with van der Waals surface area (Å²) in [6.45, 7) is 4.22. The molecule has 3 rings (SSSR count). The lowest BCUT2D eigenvalue weighted by Gasteiger charge is -2.22. The molecule has 1 aliphatic rings. The first kappa shape index (κ1) is 12.8. The number of hydrogen-bond acceptors (Lipinski definition) is 6. The van der Waals surface area contributed by atoms with Gasteiger partial charge in [-0.1, -0.05) is 6.92 Å². The summed E-state index contributed by atoms with van der Waals surface area (Å²) < 4.78 is 0. The number of aromatic nitrogens is 2. The highest BCUT2D eigenvalue weighted by Gasteiger charge is 2.24. The first-order valence-corrected chi connectivity index (χ1v) is 7.64. The molecule has 1 fully saturated rings. The van der Waals surface area contributed by atoms with Gasteiger partial charge in [0.05, 0.1) is 11.9 Å². The summed E-state index contributed by atoms with van der Waals surface area (Å²) in [4.78, 5) is 12.7. The van der Waals surface area contributed by atoms with Gasteiger partial charge in [-0.15, -0.1) is 11.3 Å². The molecule has 0 radical (unpaired) electrons. The number of rotatable bonds is 4. The van der Waals surface area contributed by atoms with Crippen LogP contribution < -0.4 is 11.3 Å². The zero-order valence-electron chi connectivity index (χ0n) is 11.1. The number of nitrogens with zero attached hydrogens (tertiary/aromatic N) is 3. The molecular weight excluding hydrogens is 258 g/mol. The van der Waals surface area contributed by atoms with Gasteiger partial charge in [0, 0.05) is 6.04 Å². The molecular formula is C13H19N5S. The zero-order valence-corrected chi connectivity index (χ0v) is 11.9. The largest absolute Gasteiger partial charge is 0.308 e. The van der Waals surface area contributed by atoms with Crippen LogP contribution in [0.4, 0.5) is 5.82 Å². The summed E-state index contributed by atoms with van der Waals surface area (Å²) in [7, 11) is 0. The summed E-state index contributed by atoms with van der Waals surface area (Å²) in [5, 5.41) is 3.03. The van der Waals surface area contributed by atoms with Crippen molar-refractivity contribution < 1.29 is 0 Å². The van der Waals surface area contributed by atoms with Gasteiger partial charge in [-0.25, -0.2) is 15.8 Å². The van der Waals surface area contributed by atoms with E-state index < -0.39 is 0 Å². The summed E-state index contributed by atoms with van der Waals surface area (Å²) in [5.74, 6) is 7.15. The maximum absolute atomic E-state index is 5.56. The van der Waals surface area contributed by atoms with Gasteiger partial charge in [0.2, 0.25) is 0 Å². The highest BCUT2D eigenvalue weighted by molar-refractivity contribution is 7.16. The van der Waals surface area contributed by atoms with E-state index in [0.717, 1.165) is 34.9 Å². The number of fused-ring (bicyclic) bond motifs is 1. The molecule has 1 unspecified atom stereocenters. The van der Waals surface area contributed by atoms with Gasteiger partial charge in [0.15, 0.2) is 5.82 Å². The van der Waals surface area contributed by atoms with E-state index >= 15 is 0 Å². The number of anilines is 1. The van der Waals surface area contributed by atoms with Crippen LogP contribution in [0, 0.1) is 0 Å². The summed E-state index contributed by atoms with van der Waals surface area (Å²) in [6, 6.07) is 2.68. The van der Waals surface area contributed by atoms with Crippen molar-refractivity contribution >= 4 is 27.4 Å². The lowest BCUT2D eigenvalue weighted by Crippen LogP contribution is -2.29. The molecule has 3 heterocycles. The molecule has 0 spiro atoms. The van der Waals surface area contributed by atoms with Crippen molar-refractivity contribution in [3.63, 3.8) is 0 Å². The topological polar surface area (TPSA) is 67.1 Å². The van der Waals surface area contributed by atoms with Gasteiger partial charge in [0.1, 0.15) is 10.7 Å². The normalized spacial score (nSPS) is 20.2. The molecule has 19 heavy (non-hydrogen) atoms. The third-order valence-corrected chi connectivity index (χ3v) is 4.63. The quantitative estimate of drug-likeness (QED) is 0.663. The molecule has 0 amide bonds. The van der Waals surface area contributed by atoms with Crippen LogP contribution in [0.1, 0.15) is 32.0 Å². The number of nitrogen functional groups attached to an aromatic ring is 1. The predicted octanol–water partition coefficient (Wildman–Crippen LogP) is 2.35. The van der Waals surface area contributed by atoms with E-state index in [-0.39, 0.29) is 0 Å². The van der Waals surface area contributed by atoms with Crippen LogP contribution in [0.15, 0.2) is 11.4 Å². The second-order valence-corrected chi connectivity index (χ2v) is 5.84. The molecule has 0 aliphatic carbocycles. The molecule has 2 aromatic rings. The molecule has 1 saturated heterocycles. The highest BCUT2D eigenvalue weighted by Crippen LogP contribution is 2.26. The molecule has 3 N–H and O–H groups in total. The fourth-order valence-electron chi connectivity index (χ4n) is 2.83. The Morgan fingerprint density at radius 3 is 3.21 bits per heavy atom. The van der Waals surface area contributed by atoms with Gasteiger partial charge >= 0.3 is 0 Å². The standard InChI is InChI=1S/C13H19N5S/c1-2-9-4-3-6-18(9)8-11-15-12(17-14)10-5-7-19-13(10)16-11/h5,7,9H,2-4,6,8,14H2,1H3,(H,15,16,17). The fraction of sp³-hybridized carbons (Fsp3) is 0.538. The molecule has 102 valence electrons. The Labute approximate surface area is 116 Å². The molecule has 0 bridgehead atoms. The lowest BCUT2D eigenvalue weighted by molar-refractivity contribution is 0.234. The van der Waals surface area contributed by atoms with E-state index in [2.05, 4.69) is 27.2 Å². The van der Waals surface area contributed by atoms with Gasteiger partial charge in [-0.05, 0) is 37.3 Å². The molecule has 5 nitrogen and oxygen atoms in total.